The number of fused-ring (bicyclic) bond motifs is 2. The molecule has 4 aromatic carbocycles. The van der Waals surface area contributed by atoms with Crippen molar-refractivity contribution in [1.29, 1.82) is 0 Å². The minimum absolute atomic E-state index is 0.0382. The molecule has 8 rings (SSSR count). The van der Waals surface area contributed by atoms with E-state index in [0.29, 0.717) is 71.4 Å². The lowest BCUT2D eigenvalue weighted by atomic mass is 10.0. The van der Waals surface area contributed by atoms with E-state index in [1.165, 1.54) is 23.6 Å². The van der Waals surface area contributed by atoms with E-state index in [1.54, 1.807) is 23.1 Å². The molecule has 1 atom stereocenters. The predicted molar refractivity (Wildman–Crippen MR) is 287 cm³/mol. The van der Waals surface area contributed by atoms with Crippen LogP contribution in [-0.4, -0.2) is 98.3 Å². The second-order valence-corrected chi connectivity index (χ2v) is 19.8. The van der Waals surface area contributed by atoms with Crippen LogP contribution in [0, 0.1) is 13.8 Å². The number of anilines is 5. The Balaban J connectivity index is 0.773. The molecule has 3 aromatic heterocycles. The number of nitrogens with zero attached hydrogens (tertiary/aromatic N) is 3. The molecule has 1 aliphatic rings. The van der Waals surface area contributed by atoms with Gasteiger partial charge in [0.1, 0.15) is 11.2 Å². The van der Waals surface area contributed by atoms with Gasteiger partial charge in [-0.2, -0.15) is 0 Å². The van der Waals surface area contributed by atoms with Crippen molar-refractivity contribution in [2.45, 2.75) is 59.6 Å². The lowest BCUT2D eigenvalue weighted by Gasteiger charge is -2.35. The van der Waals surface area contributed by atoms with Crippen molar-refractivity contribution in [2.75, 3.05) is 80.0 Å². The van der Waals surface area contributed by atoms with Crippen LogP contribution < -0.4 is 31.6 Å². The molecule has 73 heavy (non-hydrogen) atoms. The fraction of sp³-hybridized carbons (Fsp3) is 0.321. The summed E-state index contributed by atoms with van der Waals surface area (Å²) in [4.78, 5) is 74.9. The highest BCUT2D eigenvalue weighted by Crippen LogP contribution is 2.33. The average molecular weight is 1010 g/mol. The first-order valence-electron chi connectivity index (χ1n) is 24.4. The average Bonchev–Trinajstić information content (AvgIpc) is 3.81. The van der Waals surface area contributed by atoms with Crippen molar-refractivity contribution in [3.8, 4) is 0 Å². The maximum Gasteiger partial charge on any atom is 0.340 e. The first-order valence-corrected chi connectivity index (χ1v) is 25.2. The zero-order valence-corrected chi connectivity index (χ0v) is 42.8. The molecular formula is C56H61N7O9S. The van der Waals surface area contributed by atoms with Crippen LogP contribution in [-0.2, 0) is 19.0 Å². The Hall–Kier alpha value is -7.60. The van der Waals surface area contributed by atoms with E-state index in [4.69, 9.17) is 18.6 Å². The number of para-hydroxylation sites is 2. The number of nitrogens with one attached hydrogen (secondary N) is 4. The molecule has 1 aliphatic heterocycles. The highest BCUT2D eigenvalue weighted by Gasteiger charge is 2.26. The summed E-state index contributed by atoms with van der Waals surface area (Å²) in [5.41, 5.74) is 5.26. The Morgan fingerprint density at radius 3 is 2.26 bits per heavy atom. The molecule has 4 N–H and O–H groups in total. The van der Waals surface area contributed by atoms with E-state index in [1.807, 2.05) is 125 Å². The van der Waals surface area contributed by atoms with E-state index in [-0.39, 0.29) is 74.1 Å². The van der Waals surface area contributed by atoms with Gasteiger partial charge in [-0.15, -0.1) is 11.3 Å². The largest absolute Gasteiger partial charge is 0.456 e. The van der Waals surface area contributed by atoms with Gasteiger partial charge in [-0.25, -0.2) is 9.78 Å². The van der Waals surface area contributed by atoms with Gasteiger partial charge in [0, 0.05) is 77.4 Å². The number of esters is 1. The van der Waals surface area contributed by atoms with Crippen molar-refractivity contribution in [2.24, 2.45) is 0 Å². The normalized spacial score (nSPS) is 13.2. The van der Waals surface area contributed by atoms with Gasteiger partial charge in [-0.05, 0) is 89.1 Å². The molecule has 1 fully saturated rings. The van der Waals surface area contributed by atoms with Gasteiger partial charge in [0.05, 0.1) is 66.7 Å². The maximum absolute atomic E-state index is 13.6. The van der Waals surface area contributed by atoms with Gasteiger partial charge in [-0.1, -0.05) is 54.6 Å². The monoisotopic (exact) mass is 1010 g/mol. The molecule has 16 nitrogen and oxygen atoms in total. The Labute approximate surface area is 428 Å². The van der Waals surface area contributed by atoms with Gasteiger partial charge < -0.3 is 49.7 Å². The molecule has 0 radical (unpaired) electrons. The maximum atomic E-state index is 13.6. The molecule has 3 amide bonds. The molecule has 0 aliphatic carbocycles. The summed E-state index contributed by atoms with van der Waals surface area (Å²) in [7, 11) is 0. The number of piperazine rings is 1. The second kappa shape index (κ2) is 23.3. The summed E-state index contributed by atoms with van der Waals surface area (Å²) in [5.74, 6) is -0.347. The predicted octanol–water partition coefficient (Wildman–Crippen LogP) is 9.65. The number of carbonyl (C=O) groups excluding carboxylic acids is 4. The molecule has 17 heteroatoms. The zero-order valence-electron chi connectivity index (χ0n) is 42.0. The molecule has 0 bridgehead atoms. The van der Waals surface area contributed by atoms with Crippen LogP contribution in [0.3, 0.4) is 0 Å². The van der Waals surface area contributed by atoms with E-state index >= 15 is 0 Å². The number of benzene rings is 4. The number of thiophene rings is 1. The summed E-state index contributed by atoms with van der Waals surface area (Å²) in [6, 6.07) is 29.2. The van der Waals surface area contributed by atoms with Gasteiger partial charge >= 0.3 is 5.97 Å². The number of aromatic nitrogens is 1. The highest BCUT2D eigenvalue weighted by atomic mass is 32.1. The van der Waals surface area contributed by atoms with Crippen molar-refractivity contribution >= 4 is 84.8 Å². The van der Waals surface area contributed by atoms with E-state index < -0.39 is 11.6 Å². The molecule has 0 saturated carbocycles. The molecule has 0 unspecified atom stereocenters. The Morgan fingerprint density at radius 2 is 1.49 bits per heavy atom. The highest BCUT2D eigenvalue weighted by molar-refractivity contribution is 7.17. The van der Waals surface area contributed by atoms with Crippen LogP contribution in [0.2, 0.25) is 0 Å². The topological polar surface area (TPSA) is 194 Å². The standard InChI is InChI=1S/C56H61N7O9S/c1-35-29-41(37(3)59-45-17-11-8-15-40(45)55(68)72-56(4,5)6)51-42(30-35)47(64)32-50(71-51)63-23-21-62(22-24-63)49(65)19-25-69-27-28-70-26-20-57-53(66)38-31-46(52(58-33-38)60-44-16-10-7-13-36(44)2)61-54(67)43-34-73-48-18-12-9-14-39(43)48/h7-18,29-34,37,59H,19-28H2,1-6H3,(H,57,66)(H,58,60)(H,61,67)/t37-/m1/s1. The first-order chi connectivity index (χ1) is 35.1. The number of amides is 3. The van der Waals surface area contributed by atoms with Crippen LogP contribution in [0.1, 0.15) is 87.9 Å². The van der Waals surface area contributed by atoms with Crippen molar-refractivity contribution in [1.82, 2.24) is 15.2 Å². The van der Waals surface area contributed by atoms with Crippen LogP contribution in [0.15, 0.2) is 118 Å². The number of hydrogen-bond acceptors (Lipinski definition) is 14. The van der Waals surface area contributed by atoms with Gasteiger partial charge in [-0.3, -0.25) is 19.2 Å². The number of carbonyl (C=O) groups is 4. The quantitative estimate of drug-likeness (QED) is 0.0442. The minimum atomic E-state index is -0.658. The molecule has 4 heterocycles. The molecule has 1 saturated heterocycles. The van der Waals surface area contributed by atoms with Gasteiger partial charge in [0.15, 0.2) is 17.1 Å². The number of hydrogen-bond donors (Lipinski definition) is 4. The van der Waals surface area contributed by atoms with Crippen LogP contribution in [0.25, 0.3) is 21.1 Å². The first kappa shape index (κ1) is 51.7. The molecule has 0 spiro atoms. The summed E-state index contributed by atoms with van der Waals surface area (Å²) in [6.07, 6.45) is 1.66. The number of rotatable bonds is 19. The summed E-state index contributed by atoms with van der Waals surface area (Å²) < 4.78 is 24.6. The molecule has 380 valence electrons. The Kier molecular flexibility index (Phi) is 16.5. The smallest absolute Gasteiger partial charge is 0.340 e. The molecule has 7 aromatic rings. The van der Waals surface area contributed by atoms with Crippen LogP contribution >= 0.6 is 11.3 Å². The van der Waals surface area contributed by atoms with Crippen LogP contribution in [0.4, 0.5) is 28.8 Å². The third-order valence-electron chi connectivity index (χ3n) is 12.2. The van der Waals surface area contributed by atoms with Gasteiger partial charge in [0.25, 0.3) is 11.8 Å². The summed E-state index contributed by atoms with van der Waals surface area (Å²) in [6.45, 7) is 14.4. The second-order valence-electron chi connectivity index (χ2n) is 18.9. The fourth-order valence-electron chi connectivity index (χ4n) is 8.45. The number of pyridine rings is 1. The lowest BCUT2D eigenvalue weighted by Crippen LogP contribution is -2.49. The Bertz CT molecular complexity index is 3190. The van der Waals surface area contributed by atoms with Crippen molar-refractivity contribution < 1.29 is 37.8 Å². The zero-order chi connectivity index (χ0) is 51.6. The van der Waals surface area contributed by atoms with Crippen LogP contribution in [0.5, 0.6) is 0 Å². The van der Waals surface area contributed by atoms with Crippen molar-refractivity contribution in [3.63, 3.8) is 0 Å². The fourth-order valence-corrected chi connectivity index (χ4v) is 9.39. The minimum Gasteiger partial charge on any atom is -0.456 e. The van der Waals surface area contributed by atoms with E-state index in [2.05, 4.69) is 26.3 Å². The third kappa shape index (κ3) is 13.1. The van der Waals surface area contributed by atoms with Crippen molar-refractivity contribution in [3.05, 3.63) is 152 Å². The number of ether oxygens (including phenoxy) is 3. The van der Waals surface area contributed by atoms with E-state index in [0.717, 1.165) is 32.5 Å². The Morgan fingerprint density at radius 1 is 0.781 bits per heavy atom. The lowest BCUT2D eigenvalue weighted by molar-refractivity contribution is -0.132. The third-order valence-corrected chi connectivity index (χ3v) is 13.2. The summed E-state index contributed by atoms with van der Waals surface area (Å²) in [5, 5.41) is 15.7. The summed E-state index contributed by atoms with van der Waals surface area (Å²) >= 11 is 1.49. The van der Waals surface area contributed by atoms with E-state index in [9.17, 15) is 24.0 Å². The number of aryl methyl sites for hydroxylation is 2. The van der Waals surface area contributed by atoms with Gasteiger partial charge in [0.2, 0.25) is 5.91 Å². The molecular weight excluding hydrogens is 947 g/mol. The SMILES string of the molecule is Cc1cc([C@@H](C)Nc2ccccc2C(=O)OC(C)(C)C)c2oc(N3CCN(C(=O)CCOCCOCCNC(=O)c4cnc(Nc5ccccc5C)c(NC(=O)c5csc6ccccc56)c4)CC3)cc(=O)c2c1.